The second-order valence-electron chi connectivity index (χ2n) is 7.87. The van der Waals surface area contributed by atoms with Gasteiger partial charge in [-0.2, -0.15) is 0 Å². The van der Waals surface area contributed by atoms with Crippen LogP contribution in [0.3, 0.4) is 0 Å². The van der Waals surface area contributed by atoms with Crippen LogP contribution < -0.4 is 0 Å². The lowest BCUT2D eigenvalue weighted by molar-refractivity contribution is -0.0572. The number of phenols is 1. The van der Waals surface area contributed by atoms with Crippen molar-refractivity contribution in [2.45, 2.75) is 58.1 Å². The van der Waals surface area contributed by atoms with E-state index in [1.165, 1.54) is 5.56 Å². The summed E-state index contributed by atoms with van der Waals surface area (Å²) in [6, 6.07) is 6.50. The van der Waals surface area contributed by atoms with Crippen LogP contribution in [0.25, 0.3) is 0 Å². The van der Waals surface area contributed by atoms with Crippen LogP contribution >= 0.6 is 0 Å². The van der Waals surface area contributed by atoms with Crippen molar-refractivity contribution >= 4 is 0 Å². The fraction of sp³-hybridized carbons (Fsp3) is 0.684. The van der Waals surface area contributed by atoms with Gasteiger partial charge in [-0.3, -0.25) is 4.90 Å². The number of hydrogen-bond acceptors (Lipinski definition) is 3. The number of likely N-dealkylation sites (tertiary alicyclic amines) is 1. The molecule has 2 bridgehead atoms. The molecule has 3 heteroatoms. The highest BCUT2D eigenvalue weighted by atomic mass is 16.5. The maximum atomic E-state index is 10.4. The first-order chi connectivity index (χ1) is 10.3. The topological polar surface area (TPSA) is 32.7 Å². The Kier molecular flexibility index (Phi) is 3.77. The van der Waals surface area contributed by atoms with Gasteiger partial charge in [-0.05, 0) is 48.9 Å². The van der Waals surface area contributed by atoms with E-state index in [2.05, 4.69) is 38.7 Å². The Bertz CT molecular complexity index is 569. The lowest BCUT2D eigenvalue weighted by Crippen LogP contribution is -2.64. The van der Waals surface area contributed by atoms with Crippen molar-refractivity contribution in [2.75, 3.05) is 20.2 Å². The molecule has 1 fully saturated rings. The van der Waals surface area contributed by atoms with Gasteiger partial charge in [0.2, 0.25) is 0 Å². The predicted octanol–water partition coefficient (Wildman–Crippen LogP) is 3.34. The van der Waals surface area contributed by atoms with E-state index < -0.39 is 0 Å². The Labute approximate surface area is 134 Å². The molecule has 1 aliphatic carbocycles. The van der Waals surface area contributed by atoms with Crippen LogP contribution in [-0.4, -0.2) is 42.4 Å². The molecule has 3 nitrogen and oxygen atoms in total. The van der Waals surface area contributed by atoms with Crippen LogP contribution in [0.5, 0.6) is 5.75 Å². The van der Waals surface area contributed by atoms with E-state index in [1.807, 2.05) is 12.1 Å². The van der Waals surface area contributed by atoms with Crippen LogP contribution in [0.4, 0.5) is 0 Å². The molecule has 1 N–H and O–H groups in total. The highest BCUT2D eigenvalue weighted by Crippen LogP contribution is 2.57. The minimum absolute atomic E-state index is 0.122. The van der Waals surface area contributed by atoms with Crippen LogP contribution in [0.2, 0.25) is 0 Å². The zero-order valence-electron chi connectivity index (χ0n) is 14.5. The molecule has 1 aromatic carbocycles. The fourth-order valence-corrected chi connectivity index (χ4v) is 4.66. The molecule has 0 spiro atoms. The van der Waals surface area contributed by atoms with Crippen molar-refractivity contribution in [2.24, 2.45) is 5.41 Å². The van der Waals surface area contributed by atoms with Gasteiger partial charge >= 0.3 is 0 Å². The number of piperidine rings is 1. The van der Waals surface area contributed by atoms with E-state index in [0.29, 0.717) is 11.8 Å². The average Bonchev–Trinajstić information content (AvgIpc) is 2.46. The maximum Gasteiger partial charge on any atom is 0.119 e. The quantitative estimate of drug-likeness (QED) is 0.929. The van der Waals surface area contributed by atoms with Crippen molar-refractivity contribution < 1.29 is 9.84 Å². The van der Waals surface area contributed by atoms with Gasteiger partial charge < -0.3 is 9.84 Å². The summed E-state index contributed by atoms with van der Waals surface area (Å²) < 4.78 is 5.49. The lowest BCUT2D eigenvalue weighted by atomic mass is 9.51. The van der Waals surface area contributed by atoms with Gasteiger partial charge in [-0.25, -0.2) is 0 Å². The van der Waals surface area contributed by atoms with Crippen LogP contribution in [0, 0.1) is 5.41 Å². The van der Waals surface area contributed by atoms with Crippen LogP contribution in [0.15, 0.2) is 18.2 Å². The van der Waals surface area contributed by atoms with Gasteiger partial charge in [0.15, 0.2) is 0 Å². The smallest absolute Gasteiger partial charge is 0.119 e. The number of hydrogen-bond donors (Lipinski definition) is 1. The zero-order chi connectivity index (χ0) is 16.1. The van der Waals surface area contributed by atoms with E-state index in [9.17, 15) is 5.11 Å². The molecule has 1 saturated heterocycles. The molecule has 3 rings (SSSR count). The lowest BCUT2D eigenvalue weighted by Gasteiger charge is -2.61. The first-order valence-electron chi connectivity index (χ1n) is 8.39. The molecule has 1 heterocycles. The number of aromatic hydroxyl groups is 1. The van der Waals surface area contributed by atoms with Crippen LogP contribution in [-0.2, 0) is 16.6 Å². The summed E-state index contributed by atoms with van der Waals surface area (Å²) in [6.07, 6.45) is 2.30. The molecule has 0 aromatic heterocycles. The van der Waals surface area contributed by atoms with Gasteiger partial charge in [0.1, 0.15) is 5.75 Å². The Balaban J connectivity index is 2.04. The SMILES string of the molecule is CO[C@@H](C)CN1CC[C@@]2(C)c3cccc(O)c3C[C@@H]1C2(C)C. The molecule has 0 saturated carbocycles. The Morgan fingerprint density at radius 3 is 2.77 bits per heavy atom. The number of methoxy groups -OCH3 is 1. The number of phenolic OH excluding ortho intramolecular Hbond substituents is 1. The molecule has 1 aromatic rings. The number of nitrogens with zero attached hydrogens (tertiary/aromatic N) is 1. The van der Waals surface area contributed by atoms with E-state index in [1.54, 1.807) is 7.11 Å². The third-order valence-electron chi connectivity index (χ3n) is 6.63. The standard InChI is InChI=1S/C19H29NO2/c1-13(22-5)12-20-10-9-19(4)15-7-6-8-16(21)14(15)11-17(20)18(19,2)3/h6-8,13,17,21H,9-12H2,1-5H3/t13-,17+,19-/m0/s1. The minimum atomic E-state index is 0.122. The molecule has 1 aliphatic heterocycles. The molecule has 0 radical (unpaired) electrons. The van der Waals surface area contributed by atoms with E-state index in [4.69, 9.17) is 4.74 Å². The van der Waals surface area contributed by atoms with Crippen LogP contribution in [0.1, 0.15) is 45.2 Å². The Hall–Kier alpha value is -1.06. The van der Waals surface area contributed by atoms with Gasteiger partial charge in [0, 0.05) is 25.1 Å². The summed E-state index contributed by atoms with van der Waals surface area (Å²) in [5, 5.41) is 10.4. The summed E-state index contributed by atoms with van der Waals surface area (Å²) in [4.78, 5) is 2.57. The van der Waals surface area contributed by atoms with Crippen molar-refractivity contribution in [1.82, 2.24) is 4.90 Å². The highest BCUT2D eigenvalue weighted by Gasteiger charge is 2.56. The molecular weight excluding hydrogens is 274 g/mol. The first-order valence-corrected chi connectivity index (χ1v) is 8.39. The normalized spacial score (nSPS) is 31.6. The van der Waals surface area contributed by atoms with Crippen molar-refractivity contribution in [3.05, 3.63) is 29.3 Å². The summed E-state index contributed by atoms with van der Waals surface area (Å²) >= 11 is 0. The third kappa shape index (κ3) is 2.10. The Morgan fingerprint density at radius 2 is 2.09 bits per heavy atom. The fourth-order valence-electron chi connectivity index (χ4n) is 4.66. The van der Waals surface area contributed by atoms with E-state index >= 15 is 0 Å². The summed E-state index contributed by atoms with van der Waals surface area (Å²) in [6.45, 7) is 11.4. The van der Waals surface area contributed by atoms with Gasteiger partial charge in [-0.15, -0.1) is 0 Å². The number of benzene rings is 1. The van der Waals surface area contributed by atoms with Crippen molar-refractivity contribution in [1.29, 1.82) is 0 Å². The molecule has 0 unspecified atom stereocenters. The summed E-state index contributed by atoms with van der Waals surface area (Å²) in [7, 11) is 1.78. The number of fused-ring (bicyclic) bond motifs is 4. The summed E-state index contributed by atoms with van der Waals surface area (Å²) in [5.74, 6) is 0.464. The van der Waals surface area contributed by atoms with Gasteiger partial charge in [0.25, 0.3) is 0 Å². The van der Waals surface area contributed by atoms with Crippen molar-refractivity contribution in [3.63, 3.8) is 0 Å². The molecule has 122 valence electrons. The maximum absolute atomic E-state index is 10.4. The largest absolute Gasteiger partial charge is 0.508 e. The van der Waals surface area contributed by atoms with E-state index in [-0.39, 0.29) is 16.9 Å². The number of ether oxygens (including phenoxy) is 1. The molecule has 2 aliphatic rings. The minimum Gasteiger partial charge on any atom is -0.508 e. The average molecular weight is 303 g/mol. The van der Waals surface area contributed by atoms with Gasteiger partial charge in [0.05, 0.1) is 6.10 Å². The molecule has 3 atom stereocenters. The molecule has 0 amide bonds. The molecular formula is C19H29NO2. The molecule has 22 heavy (non-hydrogen) atoms. The first kappa shape index (κ1) is 15.8. The zero-order valence-corrected chi connectivity index (χ0v) is 14.5. The summed E-state index contributed by atoms with van der Waals surface area (Å²) in [5.41, 5.74) is 2.81. The second kappa shape index (κ2) is 5.24. The number of rotatable bonds is 3. The monoisotopic (exact) mass is 303 g/mol. The Morgan fingerprint density at radius 1 is 1.36 bits per heavy atom. The highest BCUT2D eigenvalue weighted by molar-refractivity contribution is 5.48. The van der Waals surface area contributed by atoms with Crippen molar-refractivity contribution in [3.8, 4) is 5.75 Å². The third-order valence-corrected chi connectivity index (χ3v) is 6.63. The van der Waals surface area contributed by atoms with E-state index in [0.717, 1.165) is 31.5 Å². The predicted molar refractivity (Wildman–Crippen MR) is 89.4 cm³/mol. The van der Waals surface area contributed by atoms with Gasteiger partial charge in [-0.1, -0.05) is 32.9 Å². The second-order valence-corrected chi connectivity index (χ2v) is 7.87.